The van der Waals surface area contributed by atoms with Gasteiger partial charge in [0.25, 0.3) is 0 Å². The van der Waals surface area contributed by atoms with Crippen LogP contribution < -0.4 is 5.32 Å². The zero-order valence-electron chi connectivity index (χ0n) is 10.9. The quantitative estimate of drug-likeness (QED) is 0.739. The first-order chi connectivity index (χ1) is 8.75. The topological polar surface area (TPSA) is 12.0 Å². The minimum absolute atomic E-state index is 0.0642. The Labute approximate surface area is 120 Å². The van der Waals surface area contributed by atoms with Crippen LogP contribution in [0.5, 0.6) is 0 Å². The van der Waals surface area contributed by atoms with Crippen molar-refractivity contribution in [2.24, 2.45) is 0 Å². The Morgan fingerprint density at radius 1 is 1.42 bits per heavy atom. The van der Waals surface area contributed by atoms with Crippen LogP contribution in [0.4, 0.5) is 13.2 Å². The van der Waals surface area contributed by atoms with Gasteiger partial charge in [-0.05, 0) is 37.6 Å². The number of benzene rings is 1. The second-order valence-electron chi connectivity index (χ2n) is 4.51. The summed E-state index contributed by atoms with van der Waals surface area (Å²) >= 11 is 2.95. The van der Waals surface area contributed by atoms with Gasteiger partial charge in [0.05, 0.1) is 5.56 Å². The molecule has 1 atom stereocenters. The summed E-state index contributed by atoms with van der Waals surface area (Å²) in [5.41, 5.74) is 0.914. The Kier molecular flexibility index (Phi) is 5.62. The smallest absolute Gasteiger partial charge is 0.310 e. The van der Waals surface area contributed by atoms with Crippen LogP contribution in [0, 0.1) is 0 Å². The van der Waals surface area contributed by atoms with E-state index in [2.05, 4.69) is 27.8 Å². The highest BCUT2D eigenvalue weighted by Crippen LogP contribution is 2.36. The van der Waals surface area contributed by atoms with E-state index in [-0.39, 0.29) is 10.5 Å². The third-order valence-corrected chi connectivity index (χ3v) is 3.39. The summed E-state index contributed by atoms with van der Waals surface area (Å²) in [7, 11) is 0. The molecule has 5 heteroatoms. The summed E-state index contributed by atoms with van der Waals surface area (Å²) < 4.78 is 38.7. The van der Waals surface area contributed by atoms with E-state index in [4.69, 9.17) is 0 Å². The van der Waals surface area contributed by atoms with Crippen LogP contribution in [0.3, 0.4) is 0 Å². The van der Waals surface area contributed by atoms with Gasteiger partial charge < -0.3 is 5.32 Å². The molecule has 0 aliphatic heterocycles. The Bertz CT molecular complexity index is 454. The maximum absolute atomic E-state index is 12.9. The largest absolute Gasteiger partial charge is 0.417 e. The van der Waals surface area contributed by atoms with Crippen LogP contribution in [0.15, 0.2) is 34.8 Å². The third kappa shape index (κ3) is 4.66. The van der Waals surface area contributed by atoms with E-state index in [0.29, 0.717) is 18.5 Å². The molecule has 1 nitrogen and oxygen atoms in total. The van der Waals surface area contributed by atoms with Crippen molar-refractivity contribution in [1.82, 2.24) is 5.32 Å². The van der Waals surface area contributed by atoms with Gasteiger partial charge in [0.2, 0.25) is 0 Å². The van der Waals surface area contributed by atoms with E-state index in [1.165, 1.54) is 12.1 Å². The Hall–Kier alpha value is -0.810. The molecule has 0 saturated carbocycles. The zero-order valence-corrected chi connectivity index (χ0v) is 12.5. The molecule has 1 N–H and O–H groups in total. The Balaban J connectivity index is 3.14. The van der Waals surface area contributed by atoms with E-state index in [9.17, 15) is 13.2 Å². The van der Waals surface area contributed by atoms with Crippen molar-refractivity contribution in [3.8, 4) is 0 Å². The molecule has 0 spiro atoms. The standard InChI is InChI=1S/C14H17BrF3N/c1-4-19-13(7-9(2)3)10-5-6-12(15)11(8-10)14(16,17)18/h5-6,8,13,19H,2,4,7H2,1,3H3. The first-order valence-electron chi connectivity index (χ1n) is 6.00. The average molecular weight is 336 g/mol. The molecule has 0 aliphatic carbocycles. The van der Waals surface area contributed by atoms with Crippen LogP contribution in [0.2, 0.25) is 0 Å². The van der Waals surface area contributed by atoms with Crippen molar-refractivity contribution < 1.29 is 13.2 Å². The molecule has 106 valence electrons. The lowest BCUT2D eigenvalue weighted by atomic mass is 9.98. The fourth-order valence-electron chi connectivity index (χ4n) is 1.88. The number of hydrogen-bond donors (Lipinski definition) is 1. The first-order valence-corrected chi connectivity index (χ1v) is 6.79. The summed E-state index contributed by atoms with van der Waals surface area (Å²) in [4.78, 5) is 0. The molecule has 1 rings (SSSR count). The summed E-state index contributed by atoms with van der Waals surface area (Å²) in [6.07, 6.45) is -3.73. The molecule has 0 fully saturated rings. The fourth-order valence-corrected chi connectivity index (χ4v) is 2.35. The molecule has 1 aromatic rings. The second kappa shape index (κ2) is 6.57. The lowest BCUT2D eigenvalue weighted by Gasteiger charge is -2.20. The molecular formula is C14H17BrF3N. The molecule has 0 radical (unpaired) electrons. The molecule has 0 amide bonds. The molecule has 0 bridgehead atoms. The molecule has 1 unspecified atom stereocenters. The summed E-state index contributed by atoms with van der Waals surface area (Å²) in [6, 6.07) is 4.20. The Morgan fingerprint density at radius 2 is 2.05 bits per heavy atom. The van der Waals surface area contributed by atoms with Crippen LogP contribution in [0.25, 0.3) is 0 Å². The normalized spacial score (nSPS) is 13.4. The number of hydrogen-bond acceptors (Lipinski definition) is 1. The van der Waals surface area contributed by atoms with Gasteiger partial charge in [0.15, 0.2) is 0 Å². The molecule has 19 heavy (non-hydrogen) atoms. The van der Waals surface area contributed by atoms with E-state index >= 15 is 0 Å². The fraction of sp³-hybridized carbons (Fsp3) is 0.429. The van der Waals surface area contributed by atoms with Crippen LogP contribution in [-0.4, -0.2) is 6.54 Å². The monoisotopic (exact) mass is 335 g/mol. The second-order valence-corrected chi connectivity index (χ2v) is 5.36. The predicted octanol–water partition coefficient (Wildman–Crippen LogP) is 5.08. The highest BCUT2D eigenvalue weighted by molar-refractivity contribution is 9.10. The van der Waals surface area contributed by atoms with E-state index in [0.717, 1.165) is 5.57 Å². The van der Waals surface area contributed by atoms with Crippen molar-refractivity contribution in [2.45, 2.75) is 32.5 Å². The number of nitrogens with one attached hydrogen (secondary N) is 1. The minimum Gasteiger partial charge on any atom is -0.310 e. The van der Waals surface area contributed by atoms with Gasteiger partial charge in [-0.2, -0.15) is 13.2 Å². The van der Waals surface area contributed by atoms with Crippen LogP contribution in [-0.2, 0) is 6.18 Å². The number of rotatable bonds is 5. The van der Waals surface area contributed by atoms with Gasteiger partial charge in [0, 0.05) is 10.5 Å². The zero-order chi connectivity index (χ0) is 14.6. The summed E-state index contributed by atoms with van der Waals surface area (Å²) in [6.45, 7) is 8.30. The molecular weight excluding hydrogens is 319 g/mol. The lowest BCUT2D eigenvalue weighted by Crippen LogP contribution is -2.21. The van der Waals surface area contributed by atoms with E-state index < -0.39 is 11.7 Å². The van der Waals surface area contributed by atoms with Crippen molar-refractivity contribution >= 4 is 15.9 Å². The van der Waals surface area contributed by atoms with Gasteiger partial charge in [-0.1, -0.05) is 34.5 Å². The van der Waals surface area contributed by atoms with Gasteiger partial charge in [-0.15, -0.1) is 6.58 Å². The highest BCUT2D eigenvalue weighted by Gasteiger charge is 2.33. The summed E-state index contributed by atoms with van der Waals surface area (Å²) in [5.74, 6) is 0. The molecule has 1 aromatic carbocycles. The van der Waals surface area contributed by atoms with E-state index in [1.807, 2.05) is 13.8 Å². The van der Waals surface area contributed by atoms with Gasteiger partial charge >= 0.3 is 6.18 Å². The molecule has 0 saturated heterocycles. The minimum atomic E-state index is -4.35. The van der Waals surface area contributed by atoms with Crippen molar-refractivity contribution in [2.75, 3.05) is 6.54 Å². The van der Waals surface area contributed by atoms with Gasteiger partial charge in [0.1, 0.15) is 0 Å². The maximum Gasteiger partial charge on any atom is 0.417 e. The van der Waals surface area contributed by atoms with Crippen molar-refractivity contribution in [3.63, 3.8) is 0 Å². The molecule has 0 aromatic heterocycles. The molecule has 0 heterocycles. The van der Waals surface area contributed by atoms with Gasteiger partial charge in [-0.3, -0.25) is 0 Å². The first kappa shape index (κ1) is 16.2. The lowest BCUT2D eigenvalue weighted by molar-refractivity contribution is -0.138. The molecule has 0 aliphatic rings. The third-order valence-electron chi connectivity index (χ3n) is 2.70. The van der Waals surface area contributed by atoms with Crippen LogP contribution in [0.1, 0.15) is 37.4 Å². The van der Waals surface area contributed by atoms with Crippen LogP contribution >= 0.6 is 15.9 Å². The highest BCUT2D eigenvalue weighted by atomic mass is 79.9. The van der Waals surface area contributed by atoms with Crippen molar-refractivity contribution in [1.29, 1.82) is 0 Å². The summed E-state index contributed by atoms with van der Waals surface area (Å²) in [5, 5.41) is 3.18. The van der Waals surface area contributed by atoms with E-state index in [1.54, 1.807) is 6.07 Å². The van der Waals surface area contributed by atoms with Crippen molar-refractivity contribution in [3.05, 3.63) is 46.0 Å². The predicted molar refractivity (Wildman–Crippen MR) is 75.0 cm³/mol. The SMILES string of the molecule is C=C(C)CC(NCC)c1ccc(Br)c(C(F)(F)F)c1. The Morgan fingerprint density at radius 3 is 2.53 bits per heavy atom. The number of halogens is 4. The number of alkyl halides is 3. The van der Waals surface area contributed by atoms with Gasteiger partial charge in [-0.25, -0.2) is 0 Å². The maximum atomic E-state index is 12.9. The average Bonchev–Trinajstić information content (AvgIpc) is 2.27.